The number of amides is 1. The summed E-state index contributed by atoms with van der Waals surface area (Å²) >= 11 is 7.09. The van der Waals surface area contributed by atoms with E-state index in [1.54, 1.807) is 17.5 Å². The van der Waals surface area contributed by atoms with Crippen LogP contribution in [0.5, 0.6) is 0 Å². The van der Waals surface area contributed by atoms with E-state index in [2.05, 4.69) is 21.2 Å². The molecule has 1 fully saturated rings. The number of anilines is 1. The SMILES string of the molecule is O=C(Nc1nc(-c2ccc(Cl)cc2)cs1)C1NNCC1[N+](=O)[O-]. The minimum absolute atomic E-state index is 0.0962. The fourth-order valence-corrected chi connectivity index (χ4v) is 3.04. The number of hydrazine groups is 1. The second-order valence-electron chi connectivity index (χ2n) is 4.89. The Bertz CT molecular complexity index is 735. The summed E-state index contributed by atoms with van der Waals surface area (Å²) in [5.74, 6) is -0.492. The Kier molecular flexibility index (Phi) is 4.53. The zero-order chi connectivity index (χ0) is 16.4. The summed E-state index contributed by atoms with van der Waals surface area (Å²) in [7, 11) is 0. The quantitative estimate of drug-likeness (QED) is 0.568. The molecule has 1 amide bonds. The Hall–Kier alpha value is -2.07. The third-order valence-electron chi connectivity index (χ3n) is 3.38. The Morgan fingerprint density at radius 1 is 1.43 bits per heavy atom. The van der Waals surface area contributed by atoms with Crippen molar-refractivity contribution < 1.29 is 9.72 Å². The molecule has 2 unspecified atom stereocenters. The third-order valence-corrected chi connectivity index (χ3v) is 4.39. The Balaban J connectivity index is 1.70. The molecule has 0 aliphatic carbocycles. The van der Waals surface area contributed by atoms with Gasteiger partial charge in [-0.1, -0.05) is 23.7 Å². The van der Waals surface area contributed by atoms with Crippen LogP contribution < -0.4 is 16.2 Å². The van der Waals surface area contributed by atoms with Crippen LogP contribution in [0.4, 0.5) is 5.13 Å². The molecule has 1 aliphatic heterocycles. The van der Waals surface area contributed by atoms with Crippen LogP contribution in [-0.4, -0.2) is 34.4 Å². The number of carbonyl (C=O) groups excluding carboxylic acids is 1. The maximum atomic E-state index is 12.2. The Labute approximate surface area is 140 Å². The highest BCUT2D eigenvalue weighted by molar-refractivity contribution is 7.14. The summed E-state index contributed by atoms with van der Waals surface area (Å²) in [4.78, 5) is 26.9. The third kappa shape index (κ3) is 3.48. The smallest absolute Gasteiger partial charge is 0.252 e. The monoisotopic (exact) mass is 353 g/mol. The molecule has 23 heavy (non-hydrogen) atoms. The van der Waals surface area contributed by atoms with Crippen molar-refractivity contribution in [1.29, 1.82) is 0 Å². The number of hydrogen-bond donors (Lipinski definition) is 3. The van der Waals surface area contributed by atoms with Crippen LogP contribution in [0.15, 0.2) is 29.6 Å². The molecule has 3 N–H and O–H groups in total. The lowest BCUT2D eigenvalue weighted by molar-refractivity contribution is -0.517. The van der Waals surface area contributed by atoms with Crippen molar-refractivity contribution in [3.05, 3.63) is 44.8 Å². The second-order valence-corrected chi connectivity index (χ2v) is 6.18. The molecular weight excluding hydrogens is 342 g/mol. The number of aromatic nitrogens is 1. The molecule has 3 rings (SSSR count). The number of carbonyl (C=O) groups is 1. The first kappa shape index (κ1) is 15.8. The van der Waals surface area contributed by atoms with E-state index in [1.165, 1.54) is 11.3 Å². The number of benzene rings is 1. The minimum atomic E-state index is -1.01. The van der Waals surface area contributed by atoms with E-state index in [9.17, 15) is 14.9 Å². The number of halogens is 1. The van der Waals surface area contributed by atoms with Gasteiger partial charge >= 0.3 is 0 Å². The number of nitrogens with one attached hydrogen (secondary N) is 3. The first-order valence-electron chi connectivity index (χ1n) is 6.69. The zero-order valence-corrected chi connectivity index (χ0v) is 13.2. The molecule has 0 saturated carbocycles. The molecule has 120 valence electrons. The van der Waals surface area contributed by atoms with Gasteiger partial charge in [0.1, 0.15) is 0 Å². The van der Waals surface area contributed by atoms with E-state index in [0.29, 0.717) is 15.8 Å². The van der Waals surface area contributed by atoms with Crippen molar-refractivity contribution in [2.45, 2.75) is 12.1 Å². The summed E-state index contributed by atoms with van der Waals surface area (Å²) in [6.07, 6.45) is 0. The van der Waals surface area contributed by atoms with Gasteiger partial charge in [0.25, 0.3) is 11.9 Å². The largest absolute Gasteiger partial charge is 0.300 e. The molecule has 1 aliphatic rings. The molecule has 2 aromatic rings. The van der Waals surface area contributed by atoms with Gasteiger partial charge in [0.05, 0.1) is 12.2 Å². The molecule has 0 spiro atoms. The van der Waals surface area contributed by atoms with Gasteiger partial charge in [-0.25, -0.2) is 15.8 Å². The van der Waals surface area contributed by atoms with Crippen molar-refractivity contribution in [2.24, 2.45) is 0 Å². The minimum Gasteiger partial charge on any atom is -0.300 e. The lowest BCUT2D eigenvalue weighted by Gasteiger charge is -2.10. The molecule has 1 aromatic carbocycles. The van der Waals surface area contributed by atoms with E-state index in [-0.39, 0.29) is 6.54 Å². The lowest BCUT2D eigenvalue weighted by Crippen LogP contribution is -2.46. The standard InChI is InChI=1S/C13H12ClN5O3S/c14-8-3-1-7(2-4-8)9-6-23-13(16-9)17-12(20)11-10(19(21)22)5-15-18-11/h1-4,6,10-11,15,18H,5H2,(H,16,17,20). The fraction of sp³-hybridized carbons (Fsp3) is 0.231. The van der Waals surface area contributed by atoms with E-state index >= 15 is 0 Å². The number of nitrogens with zero attached hydrogens (tertiary/aromatic N) is 2. The number of rotatable bonds is 4. The normalized spacial score (nSPS) is 20.4. The average molecular weight is 354 g/mol. The molecule has 1 saturated heterocycles. The Morgan fingerprint density at radius 3 is 2.87 bits per heavy atom. The van der Waals surface area contributed by atoms with Gasteiger partial charge in [0.15, 0.2) is 11.2 Å². The van der Waals surface area contributed by atoms with Gasteiger partial charge in [-0.2, -0.15) is 0 Å². The first-order chi connectivity index (χ1) is 11.0. The topological polar surface area (TPSA) is 109 Å². The molecule has 0 radical (unpaired) electrons. The van der Waals surface area contributed by atoms with Crippen LogP contribution >= 0.6 is 22.9 Å². The van der Waals surface area contributed by atoms with Gasteiger partial charge in [-0.15, -0.1) is 11.3 Å². The van der Waals surface area contributed by atoms with Gasteiger partial charge in [-0.3, -0.25) is 14.9 Å². The fourth-order valence-electron chi connectivity index (χ4n) is 2.19. The number of nitro groups is 1. The second kappa shape index (κ2) is 6.59. The summed E-state index contributed by atoms with van der Waals surface area (Å²) in [6, 6.07) is 5.22. The van der Waals surface area contributed by atoms with Crippen LogP contribution in [0.25, 0.3) is 11.3 Å². The first-order valence-corrected chi connectivity index (χ1v) is 7.94. The lowest BCUT2D eigenvalue weighted by atomic mass is 10.1. The highest BCUT2D eigenvalue weighted by atomic mass is 35.5. The van der Waals surface area contributed by atoms with Crippen molar-refractivity contribution in [1.82, 2.24) is 15.8 Å². The van der Waals surface area contributed by atoms with Gasteiger partial charge in [0, 0.05) is 20.9 Å². The van der Waals surface area contributed by atoms with Crippen LogP contribution in [0.2, 0.25) is 5.02 Å². The zero-order valence-electron chi connectivity index (χ0n) is 11.7. The van der Waals surface area contributed by atoms with E-state index < -0.39 is 22.9 Å². The summed E-state index contributed by atoms with van der Waals surface area (Å²) < 4.78 is 0. The van der Waals surface area contributed by atoms with Gasteiger partial charge in [0.2, 0.25) is 0 Å². The van der Waals surface area contributed by atoms with Crippen LogP contribution in [0, 0.1) is 10.1 Å². The maximum Gasteiger partial charge on any atom is 0.252 e. The van der Waals surface area contributed by atoms with Crippen molar-refractivity contribution in [2.75, 3.05) is 11.9 Å². The van der Waals surface area contributed by atoms with Crippen molar-refractivity contribution >= 4 is 34.0 Å². The number of hydrogen-bond acceptors (Lipinski definition) is 7. The van der Waals surface area contributed by atoms with Crippen LogP contribution in [0.1, 0.15) is 0 Å². The molecule has 2 heterocycles. The molecule has 2 atom stereocenters. The molecule has 1 aromatic heterocycles. The molecular formula is C13H12ClN5O3S. The predicted octanol–water partition coefficient (Wildman–Crippen LogP) is 1.52. The van der Waals surface area contributed by atoms with Crippen LogP contribution in [-0.2, 0) is 4.79 Å². The highest BCUT2D eigenvalue weighted by Crippen LogP contribution is 2.26. The van der Waals surface area contributed by atoms with E-state index in [1.807, 2.05) is 12.1 Å². The average Bonchev–Trinajstić information content (AvgIpc) is 3.16. The highest BCUT2D eigenvalue weighted by Gasteiger charge is 2.41. The van der Waals surface area contributed by atoms with Crippen molar-refractivity contribution in [3.8, 4) is 11.3 Å². The van der Waals surface area contributed by atoms with Crippen molar-refractivity contribution in [3.63, 3.8) is 0 Å². The van der Waals surface area contributed by atoms with E-state index in [4.69, 9.17) is 11.6 Å². The molecule has 8 nitrogen and oxygen atoms in total. The summed E-state index contributed by atoms with van der Waals surface area (Å²) in [5.41, 5.74) is 6.81. The molecule has 10 heteroatoms. The summed E-state index contributed by atoms with van der Waals surface area (Å²) in [5, 5.41) is 16.3. The summed E-state index contributed by atoms with van der Waals surface area (Å²) in [6.45, 7) is 0.0962. The maximum absolute atomic E-state index is 12.2. The number of thiazole rings is 1. The Morgan fingerprint density at radius 2 is 2.17 bits per heavy atom. The van der Waals surface area contributed by atoms with Gasteiger partial charge in [-0.05, 0) is 12.1 Å². The van der Waals surface area contributed by atoms with E-state index in [0.717, 1.165) is 5.56 Å². The predicted molar refractivity (Wildman–Crippen MR) is 86.9 cm³/mol. The van der Waals surface area contributed by atoms with Gasteiger partial charge < -0.3 is 5.32 Å². The molecule has 0 bridgehead atoms. The van der Waals surface area contributed by atoms with Crippen LogP contribution in [0.3, 0.4) is 0 Å².